The average molecular weight is 181 g/mol. The lowest BCUT2D eigenvalue weighted by molar-refractivity contribution is -0.164. The Balaban J connectivity index is 2.07. The smallest absolute Gasteiger partial charge is 0.271 e. The highest BCUT2D eigenvalue weighted by Gasteiger charge is 2.26. The largest absolute Gasteiger partial charge is 0.273 e. The molecule has 2 rings (SSSR count). The zero-order valence-corrected chi connectivity index (χ0v) is 8.01. The predicted octanol–water partition coefficient (Wildman–Crippen LogP) is 1.65. The zero-order valence-electron chi connectivity index (χ0n) is 8.01. The summed E-state index contributed by atoms with van der Waals surface area (Å²) in [5.74, 6) is 0.104. The maximum absolute atomic E-state index is 11.8. The van der Waals surface area contributed by atoms with Gasteiger partial charge < -0.3 is 0 Å². The van der Waals surface area contributed by atoms with Crippen molar-refractivity contribution in [1.82, 2.24) is 5.06 Å². The summed E-state index contributed by atoms with van der Waals surface area (Å²) in [6.07, 6.45) is 4.11. The molecule has 2 aliphatic rings. The molecule has 0 bridgehead atoms. The molecule has 3 nitrogen and oxygen atoms in total. The van der Waals surface area contributed by atoms with Crippen LogP contribution in [-0.2, 0) is 9.63 Å². The lowest BCUT2D eigenvalue weighted by atomic mass is 10.1. The molecule has 0 saturated carbocycles. The van der Waals surface area contributed by atoms with E-state index >= 15 is 0 Å². The van der Waals surface area contributed by atoms with Crippen molar-refractivity contribution in [3.05, 3.63) is 11.1 Å². The van der Waals surface area contributed by atoms with E-state index in [0.29, 0.717) is 6.61 Å². The fourth-order valence-electron chi connectivity index (χ4n) is 1.94. The topological polar surface area (TPSA) is 29.5 Å². The number of rotatable bonds is 1. The molecule has 0 N–H and O–H groups in total. The Morgan fingerprint density at radius 3 is 2.77 bits per heavy atom. The molecule has 1 amide bonds. The highest BCUT2D eigenvalue weighted by Crippen LogP contribution is 2.27. The van der Waals surface area contributed by atoms with Crippen LogP contribution in [0.4, 0.5) is 0 Å². The third-order valence-corrected chi connectivity index (χ3v) is 2.73. The highest BCUT2D eigenvalue weighted by atomic mass is 16.7. The molecule has 1 aliphatic heterocycles. The number of hydrogen-bond acceptors (Lipinski definition) is 2. The van der Waals surface area contributed by atoms with Gasteiger partial charge in [-0.15, -0.1) is 0 Å². The van der Waals surface area contributed by atoms with Crippen LogP contribution in [-0.4, -0.2) is 24.1 Å². The summed E-state index contributed by atoms with van der Waals surface area (Å²) in [6, 6.07) is 0. The molecule has 0 atom stereocenters. The Morgan fingerprint density at radius 1 is 1.38 bits per heavy atom. The molecule has 0 radical (unpaired) electrons. The fraction of sp³-hybridized carbons (Fsp3) is 0.700. The Hall–Kier alpha value is -0.830. The first-order valence-electron chi connectivity index (χ1n) is 4.92. The summed E-state index contributed by atoms with van der Waals surface area (Å²) in [4.78, 5) is 17.0. The Labute approximate surface area is 78.3 Å². The van der Waals surface area contributed by atoms with Crippen LogP contribution in [0.3, 0.4) is 0 Å². The van der Waals surface area contributed by atoms with Crippen molar-refractivity contribution in [3.63, 3.8) is 0 Å². The van der Waals surface area contributed by atoms with Crippen LogP contribution in [0.25, 0.3) is 0 Å². The SMILES string of the molecule is CC1=C(C(=O)N2CCCO2)CCC1. The second kappa shape index (κ2) is 3.50. The molecule has 0 aromatic heterocycles. The monoisotopic (exact) mass is 181 g/mol. The van der Waals surface area contributed by atoms with Crippen molar-refractivity contribution in [2.75, 3.05) is 13.2 Å². The van der Waals surface area contributed by atoms with Crippen molar-refractivity contribution in [1.29, 1.82) is 0 Å². The quantitative estimate of drug-likeness (QED) is 0.615. The van der Waals surface area contributed by atoms with Crippen molar-refractivity contribution in [3.8, 4) is 0 Å². The summed E-state index contributed by atoms with van der Waals surface area (Å²) >= 11 is 0. The third-order valence-electron chi connectivity index (χ3n) is 2.73. The van der Waals surface area contributed by atoms with E-state index in [1.54, 1.807) is 0 Å². The van der Waals surface area contributed by atoms with Gasteiger partial charge >= 0.3 is 0 Å². The van der Waals surface area contributed by atoms with E-state index in [0.717, 1.165) is 37.8 Å². The first-order valence-corrected chi connectivity index (χ1v) is 4.92. The van der Waals surface area contributed by atoms with Gasteiger partial charge in [-0.1, -0.05) is 5.57 Å². The van der Waals surface area contributed by atoms with Gasteiger partial charge in [0.05, 0.1) is 13.2 Å². The molecule has 0 unspecified atom stereocenters. The number of hydrogen-bond donors (Lipinski definition) is 0. The molecule has 1 fully saturated rings. The second-order valence-electron chi connectivity index (χ2n) is 3.71. The fourth-order valence-corrected chi connectivity index (χ4v) is 1.94. The van der Waals surface area contributed by atoms with Crippen LogP contribution < -0.4 is 0 Å². The number of allylic oxidation sites excluding steroid dienone is 1. The van der Waals surface area contributed by atoms with Crippen molar-refractivity contribution >= 4 is 5.91 Å². The lowest BCUT2D eigenvalue weighted by Gasteiger charge is -2.14. The van der Waals surface area contributed by atoms with E-state index in [2.05, 4.69) is 6.92 Å². The highest BCUT2D eigenvalue weighted by molar-refractivity contribution is 5.94. The van der Waals surface area contributed by atoms with E-state index in [9.17, 15) is 4.79 Å². The number of carbonyl (C=O) groups is 1. The minimum atomic E-state index is 0.104. The van der Waals surface area contributed by atoms with Gasteiger partial charge in [0.2, 0.25) is 0 Å². The van der Waals surface area contributed by atoms with E-state index < -0.39 is 0 Å². The molecule has 3 heteroatoms. The molecule has 0 aromatic rings. The Morgan fingerprint density at radius 2 is 2.23 bits per heavy atom. The van der Waals surface area contributed by atoms with Gasteiger partial charge in [0.15, 0.2) is 0 Å². The van der Waals surface area contributed by atoms with Crippen LogP contribution in [0, 0.1) is 0 Å². The summed E-state index contributed by atoms with van der Waals surface area (Å²) in [6.45, 7) is 3.50. The van der Waals surface area contributed by atoms with Gasteiger partial charge in [-0.2, -0.15) is 0 Å². The third kappa shape index (κ3) is 1.61. The van der Waals surface area contributed by atoms with Gasteiger partial charge in [-0.05, 0) is 32.6 Å². The molecule has 1 aliphatic carbocycles. The first kappa shape index (κ1) is 8.75. The molecular formula is C10H15NO2. The van der Waals surface area contributed by atoms with Gasteiger partial charge in [0.1, 0.15) is 0 Å². The van der Waals surface area contributed by atoms with E-state index in [-0.39, 0.29) is 5.91 Å². The number of carbonyl (C=O) groups excluding carboxylic acids is 1. The molecule has 13 heavy (non-hydrogen) atoms. The molecule has 0 aromatic carbocycles. The maximum atomic E-state index is 11.8. The van der Waals surface area contributed by atoms with Gasteiger partial charge in [0, 0.05) is 5.57 Å². The second-order valence-corrected chi connectivity index (χ2v) is 3.71. The number of amides is 1. The van der Waals surface area contributed by atoms with Crippen LogP contribution in [0.2, 0.25) is 0 Å². The first-order chi connectivity index (χ1) is 6.29. The van der Waals surface area contributed by atoms with E-state index in [1.165, 1.54) is 10.6 Å². The molecular weight excluding hydrogens is 166 g/mol. The van der Waals surface area contributed by atoms with Gasteiger partial charge in [-0.25, -0.2) is 5.06 Å². The molecule has 0 spiro atoms. The van der Waals surface area contributed by atoms with Gasteiger partial charge in [0.25, 0.3) is 5.91 Å². The van der Waals surface area contributed by atoms with Crippen molar-refractivity contribution in [2.45, 2.75) is 32.6 Å². The predicted molar refractivity (Wildman–Crippen MR) is 48.8 cm³/mol. The summed E-state index contributed by atoms with van der Waals surface area (Å²) < 4.78 is 0. The zero-order chi connectivity index (χ0) is 9.26. The number of nitrogens with zero attached hydrogens (tertiary/aromatic N) is 1. The summed E-state index contributed by atoms with van der Waals surface area (Å²) in [7, 11) is 0. The van der Waals surface area contributed by atoms with E-state index in [4.69, 9.17) is 4.84 Å². The summed E-state index contributed by atoms with van der Waals surface area (Å²) in [5.41, 5.74) is 2.24. The van der Waals surface area contributed by atoms with Crippen LogP contribution in [0.1, 0.15) is 32.6 Å². The standard InChI is InChI=1S/C10H15NO2/c1-8-4-2-5-9(8)10(12)11-6-3-7-13-11/h2-7H2,1H3. The lowest BCUT2D eigenvalue weighted by Crippen LogP contribution is -2.27. The Bertz CT molecular complexity index is 252. The molecule has 72 valence electrons. The van der Waals surface area contributed by atoms with Crippen LogP contribution >= 0.6 is 0 Å². The summed E-state index contributed by atoms with van der Waals surface area (Å²) in [5, 5.41) is 1.52. The van der Waals surface area contributed by atoms with Crippen LogP contribution in [0.5, 0.6) is 0 Å². The average Bonchev–Trinajstić information content (AvgIpc) is 2.72. The number of hydroxylamine groups is 2. The van der Waals surface area contributed by atoms with Crippen molar-refractivity contribution < 1.29 is 9.63 Å². The molecule has 1 heterocycles. The normalized spacial score (nSPS) is 23.0. The minimum absolute atomic E-state index is 0.104. The van der Waals surface area contributed by atoms with E-state index in [1.807, 2.05) is 0 Å². The molecule has 1 saturated heterocycles. The maximum Gasteiger partial charge on any atom is 0.273 e. The van der Waals surface area contributed by atoms with Crippen molar-refractivity contribution in [2.24, 2.45) is 0 Å². The van der Waals surface area contributed by atoms with Crippen LogP contribution in [0.15, 0.2) is 11.1 Å². The minimum Gasteiger partial charge on any atom is -0.271 e. The Kier molecular flexibility index (Phi) is 2.36. The van der Waals surface area contributed by atoms with Gasteiger partial charge in [-0.3, -0.25) is 9.63 Å².